The molecule has 1 saturated carbocycles. The third-order valence-corrected chi connectivity index (χ3v) is 4.42. The highest BCUT2D eigenvalue weighted by Gasteiger charge is 2.34. The second-order valence-corrected chi connectivity index (χ2v) is 6.06. The molecule has 2 aliphatic rings. The van der Waals surface area contributed by atoms with Crippen molar-refractivity contribution in [2.45, 2.75) is 44.6 Å². The van der Waals surface area contributed by atoms with Crippen molar-refractivity contribution in [1.82, 2.24) is 10.3 Å². The predicted molar refractivity (Wildman–Crippen MR) is 82.6 cm³/mol. The monoisotopic (exact) mass is 291 g/mol. The maximum Gasteiger partial charge on any atom is 0.102 e. The second-order valence-electron chi connectivity index (χ2n) is 6.06. The summed E-state index contributed by atoms with van der Waals surface area (Å²) in [6.07, 6.45) is 4.87. The first kappa shape index (κ1) is 14.8. The first-order chi connectivity index (χ1) is 10.2. The van der Waals surface area contributed by atoms with Crippen LogP contribution < -0.4 is 10.2 Å². The minimum Gasteiger partial charge on any atom is -0.377 e. The summed E-state index contributed by atoms with van der Waals surface area (Å²) in [6, 6.07) is 2.88. The van der Waals surface area contributed by atoms with Gasteiger partial charge >= 0.3 is 0 Å². The Morgan fingerprint density at radius 2 is 1.90 bits per heavy atom. The van der Waals surface area contributed by atoms with E-state index in [1.54, 1.807) is 14.2 Å². The van der Waals surface area contributed by atoms with Crippen LogP contribution in [0.1, 0.15) is 24.1 Å². The van der Waals surface area contributed by atoms with Crippen LogP contribution in [-0.4, -0.2) is 50.5 Å². The van der Waals surface area contributed by atoms with E-state index in [-0.39, 0.29) is 12.2 Å². The van der Waals surface area contributed by atoms with Gasteiger partial charge in [0.05, 0.1) is 0 Å². The van der Waals surface area contributed by atoms with Gasteiger partial charge in [-0.05, 0) is 25.8 Å². The van der Waals surface area contributed by atoms with E-state index in [9.17, 15) is 0 Å². The van der Waals surface area contributed by atoms with Crippen LogP contribution in [0.5, 0.6) is 0 Å². The fourth-order valence-electron chi connectivity index (χ4n) is 2.94. The average molecular weight is 291 g/mol. The highest BCUT2D eigenvalue weighted by molar-refractivity contribution is 5.55. The number of methoxy groups -OCH3 is 2. The summed E-state index contributed by atoms with van der Waals surface area (Å²) in [4.78, 5) is 6.82. The van der Waals surface area contributed by atoms with Crippen molar-refractivity contribution in [3.05, 3.63) is 23.5 Å². The van der Waals surface area contributed by atoms with Gasteiger partial charge in [-0.3, -0.25) is 4.98 Å². The lowest BCUT2D eigenvalue weighted by molar-refractivity contribution is -0.00461. The number of nitrogens with zero attached hydrogens (tertiary/aromatic N) is 2. The zero-order valence-electron chi connectivity index (χ0n) is 13.1. The summed E-state index contributed by atoms with van der Waals surface area (Å²) in [7, 11) is 3.51. The number of nitrogens with one attached hydrogen (secondary N) is 1. The van der Waals surface area contributed by atoms with Gasteiger partial charge in [0.25, 0.3) is 0 Å². The minimum absolute atomic E-state index is 0.132. The Kier molecular flexibility index (Phi) is 4.42. The second kappa shape index (κ2) is 6.30. The topological polar surface area (TPSA) is 46.6 Å². The summed E-state index contributed by atoms with van der Waals surface area (Å²) in [5, 5.41) is 3.58. The number of anilines is 1. The molecule has 1 aliphatic carbocycles. The van der Waals surface area contributed by atoms with Gasteiger partial charge in [-0.25, -0.2) is 0 Å². The molecule has 0 aromatic carbocycles. The van der Waals surface area contributed by atoms with Gasteiger partial charge in [0.15, 0.2) is 0 Å². The van der Waals surface area contributed by atoms with Crippen LogP contribution in [0, 0.1) is 6.92 Å². The van der Waals surface area contributed by atoms with Crippen molar-refractivity contribution in [2.24, 2.45) is 0 Å². The molecule has 2 unspecified atom stereocenters. The fourth-order valence-corrected chi connectivity index (χ4v) is 2.94. The van der Waals surface area contributed by atoms with Crippen LogP contribution in [0.4, 0.5) is 5.69 Å². The lowest BCUT2D eigenvalue weighted by Gasteiger charge is -2.22. The Morgan fingerprint density at radius 1 is 1.24 bits per heavy atom. The van der Waals surface area contributed by atoms with Gasteiger partial charge in [0.2, 0.25) is 0 Å². The van der Waals surface area contributed by atoms with Crippen molar-refractivity contribution < 1.29 is 9.47 Å². The molecule has 0 radical (unpaired) electrons. The van der Waals surface area contributed by atoms with Gasteiger partial charge in [-0.15, -0.1) is 0 Å². The van der Waals surface area contributed by atoms with Crippen LogP contribution in [-0.2, 0) is 16.0 Å². The number of hydrogen-bond donors (Lipinski definition) is 1. The lowest BCUT2D eigenvalue weighted by atomic mass is 10.2. The molecule has 1 aromatic heterocycles. The zero-order valence-corrected chi connectivity index (χ0v) is 13.1. The maximum absolute atomic E-state index is 5.55. The Balaban J connectivity index is 1.77. The molecule has 1 saturated heterocycles. The smallest absolute Gasteiger partial charge is 0.102 e. The highest BCUT2D eigenvalue weighted by atomic mass is 16.5. The van der Waals surface area contributed by atoms with E-state index in [4.69, 9.17) is 9.47 Å². The van der Waals surface area contributed by atoms with Crippen LogP contribution in [0.25, 0.3) is 0 Å². The standard InChI is InChI=1S/C16H25N3O2/c1-11-6-14(12(7-17-11)8-18-13-4-5-13)19-9-15(20-2)16(10-19)21-3/h6-7,13,15-16,18H,4-5,8-10H2,1-3H3. The first-order valence-corrected chi connectivity index (χ1v) is 7.70. The molecule has 0 bridgehead atoms. The van der Waals surface area contributed by atoms with Gasteiger partial charge < -0.3 is 19.7 Å². The normalized spacial score (nSPS) is 25.6. The number of rotatable bonds is 6. The third-order valence-electron chi connectivity index (χ3n) is 4.42. The van der Waals surface area contributed by atoms with Gasteiger partial charge in [0, 0.05) is 63.0 Å². The third kappa shape index (κ3) is 3.36. The average Bonchev–Trinajstić information content (AvgIpc) is 3.23. The summed E-state index contributed by atoms with van der Waals surface area (Å²) < 4.78 is 11.1. The molecule has 2 atom stereocenters. The molecular weight excluding hydrogens is 266 g/mol. The van der Waals surface area contributed by atoms with Crippen LogP contribution >= 0.6 is 0 Å². The van der Waals surface area contributed by atoms with E-state index in [2.05, 4.69) is 21.3 Å². The Bertz CT molecular complexity index is 478. The Labute approximate surface area is 126 Å². The number of hydrogen-bond acceptors (Lipinski definition) is 5. The molecular formula is C16H25N3O2. The molecule has 3 rings (SSSR count). The van der Waals surface area contributed by atoms with Gasteiger partial charge in [-0.2, -0.15) is 0 Å². The van der Waals surface area contributed by atoms with Crippen LogP contribution in [0.15, 0.2) is 12.3 Å². The molecule has 116 valence electrons. The molecule has 0 amide bonds. The molecule has 2 heterocycles. The summed E-state index contributed by atoms with van der Waals surface area (Å²) in [5.41, 5.74) is 3.58. The molecule has 5 heteroatoms. The fraction of sp³-hybridized carbons (Fsp3) is 0.688. The summed E-state index contributed by atoms with van der Waals surface area (Å²) >= 11 is 0. The van der Waals surface area contributed by atoms with Crippen molar-refractivity contribution in [2.75, 3.05) is 32.2 Å². The molecule has 1 aromatic rings. The maximum atomic E-state index is 5.55. The van der Waals surface area contributed by atoms with E-state index in [1.165, 1.54) is 24.1 Å². The van der Waals surface area contributed by atoms with Crippen molar-refractivity contribution in [3.8, 4) is 0 Å². The van der Waals surface area contributed by atoms with E-state index in [0.717, 1.165) is 25.3 Å². The minimum atomic E-state index is 0.132. The lowest BCUT2D eigenvalue weighted by Crippen LogP contribution is -2.27. The van der Waals surface area contributed by atoms with Gasteiger partial charge in [-0.1, -0.05) is 0 Å². The molecule has 21 heavy (non-hydrogen) atoms. The molecule has 0 spiro atoms. The Morgan fingerprint density at radius 3 is 2.48 bits per heavy atom. The van der Waals surface area contributed by atoms with Crippen LogP contribution in [0.2, 0.25) is 0 Å². The van der Waals surface area contributed by atoms with E-state index >= 15 is 0 Å². The summed E-state index contributed by atoms with van der Waals surface area (Å²) in [5.74, 6) is 0. The van der Waals surface area contributed by atoms with Crippen molar-refractivity contribution in [3.63, 3.8) is 0 Å². The number of pyridine rings is 1. The zero-order chi connectivity index (χ0) is 14.8. The number of aryl methyl sites for hydroxylation is 1. The number of ether oxygens (including phenoxy) is 2. The van der Waals surface area contributed by atoms with Crippen molar-refractivity contribution >= 4 is 5.69 Å². The van der Waals surface area contributed by atoms with E-state index in [0.29, 0.717) is 6.04 Å². The van der Waals surface area contributed by atoms with Gasteiger partial charge in [0.1, 0.15) is 12.2 Å². The largest absolute Gasteiger partial charge is 0.377 e. The predicted octanol–water partition coefficient (Wildman–Crippen LogP) is 1.49. The molecule has 1 aliphatic heterocycles. The highest BCUT2D eigenvalue weighted by Crippen LogP contribution is 2.28. The molecule has 1 N–H and O–H groups in total. The SMILES string of the molecule is COC1CN(c2cc(C)ncc2CNC2CC2)CC1OC. The van der Waals surface area contributed by atoms with E-state index in [1.807, 2.05) is 13.1 Å². The quantitative estimate of drug-likeness (QED) is 0.860. The molecule has 5 nitrogen and oxygen atoms in total. The molecule has 2 fully saturated rings. The number of aromatic nitrogens is 1. The van der Waals surface area contributed by atoms with E-state index < -0.39 is 0 Å². The summed E-state index contributed by atoms with van der Waals surface area (Å²) in [6.45, 7) is 4.67. The Hall–Kier alpha value is -1.17. The van der Waals surface area contributed by atoms with Crippen LogP contribution in [0.3, 0.4) is 0 Å². The first-order valence-electron chi connectivity index (χ1n) is 7.70. The van der Waals surface area contributed by atoms with Crippen molar-refractivity contribution in [1.29, 1.82) is 0 Å².